The van der Waals surface area contributed by atoms with Crippen molar-refractivity contribution in [1.29, 1.82) is 0 Å². The zero-order valence-electron chi connectivity index (χ0n) is 13.3. The molecule has 2 unspecified atom stereocenters. The standard InChI is InChI=1S/C18H28N2O/c1-18(16-8-9-16)14-20(10-11-21-2)17(13-19-18)12-15-6-4-3-5-7-15/h3-7,16-17,19H,8-14H2,1-2H3. The van der Waals surface area contributed by atoms with Crippen molar-refractivity contribution in [1.82, 2.24) is 10.2 Å². The lowest BCUT2D eigenvalue weighted by Gasteiger charge is -2.47. The van der Waals surface area contributed by atoms with E-state index in [9.17, 15) is 0 Å². The van der Waals surface area contributed by atoms with Crippen molar-refractivity contribution >= 4 is 0 Å². The van der Waals surface area contributed by atoms with Gasteiger partial charge in [0.1, 0.15) is 0 Å². The molecule has 2 aliphatic rings. The van der Waals surface area contributed by atoms with Gasteiger partial charge in [0.05, 0.1) is 6.61 Å². The van der Waals surface area contributed by atoms with Crippen molar-refractivity contribution in [3.63, 3.8) is 0 Å². The first-order chi connectivity index (χ1) is 10.2. The van der Waals surface area contributed by atoms with Gasteiger partial charge in [0.2, 0.25) is 0 Å². The molecule has 0 spiro atoms. The highest BCUT2D eigenvalue weighted by Crippen LogP contribution is 2.41. The molecule has 0 radical (unpaired) electrons. The number of methoxy groups -OCH3 is 1. The third-order valence-corrected chi connectivity index (χ3v) is 5.16. The summed E-state index contributed by atoms with van der Waals surface area (Å²) in [5.41, 5.74) is 1.74. The highest BCUT2D eigenvalue weighted by atomic mass is 16.5. The molecule has 1 aromatic rings. The quantitative estimate of drug-likeness (QED) is 0.869. The maximum absolute atomic E-state index is 5.33. The number of hydrogen-bond acceptors (Lipinski definition) is 3. The molecule has 1 saturated heterocycles. The summed E-state index contributed by atoms with van der Waals surface area (Å²) in [6.45, 7) is 6.51. The Kier molecular flexibility index (Phi) is 4.63. The van der Waals surface area contributed by atoms with Gasteiger partial charge in [0, 0.05) is 38.3 Å². The molecule has 1 saturated carbocycles. The molecular formula is C18H28N2O. The van der Waals surface area contributed by atoms with Crippen LogP contribution in [0.5, 0.6) is 0 Å². The van der Waals surface area contributed by atoms with Gasteiger partial charge >= 0.3 is 0 Å². The fourth-order valence-corrected chi connectivity index (χ4v) is 3.64. The Bertz CT molecular complexity index is 446. The molecular weight excluding hydrogens is 260 g/mol. The number of piperazine rings is 1. The first kappa shape index (κ1) is 15.0. The van der Waals surface area contributed by atoms with Crippen molar-refractivity contribution in [3.05, 3.63) is 35.9 Å². The summed E-state index contributed by atoms with van der Waals surface area (Å²) in [5.74, 6) is 0.875. The third kappa shape index (κ3) is 3.65. The van der Waals surface area contributed by atoms with E-state index in [1.807, 2.05) is 0 Å². The first-order valence-corrected chi connectivity index (χ1v) is 8.23. The molecule has 3 nitrogen and oxygen atoms in total. The average molecular weight is 288 g/mol. The predicted octanol–water partition coefficient (Wildman–Crippen LogP) is 2.32. The van der Waals surface area contributed by atoms with Gasteiger partial charge in [-0.2, -0.15) is 0 Å². The highest BCUT2D eigenvalue weighted by Gasteiger charge is 2.45. The minimum Gasteiger partial charge on any atom is -0.383 e. The normalized spacial score (nSPS) is 30.5. The number of hydrogen-bond donors (Lipinski definition) is 1. The van der Waals surface area contributed by atoms with Crippen LogP contribution in [-0.2, 0) is 11.2 Å². The molecule has 1 heterocycles. The van der Waals surface area contributed by atoms with Crippen LogP contribution in [0.15, 0.2) is 30.3 Å². The third-order valence-electron chi connectivity index (χ3n) is 5.16. The van der Waals surface area contributed by atoms with E-state index in [1.165, 1.54) is 18.4 Å². The second-order valence-electron chi connectivity index (χ2n) is 6.88. The van der Waals surface area contributed by atoms with Crippen molar-refractivity contribution in [2.45, 2.75) is 37.8 Å². The minimum absolute atomic E-state index is 0.306. The van der Waals surface area contributed by atoms with Crippen LogP contribution in [-0.4, -0.2) is 49.8 Å². The van der Waals surface area contributed by atoms with Gasteiger partial charge in [-0.05, 0) is 37.7 Å². The molecule has 1 aliphatic carbocycles. The minimum atomic E-state index is 0.306. The van der Waals surface area contributed by atoms with E-state index < -0.39 is 0 Å². The van der Waals surface area contributed by atoms with Crippen LogP contribution in [0.3, 0.4) is 0 Å². The van der Waals surface area contributed by atoms with Gasteiger partial charge in [-0.15, -0.1) is 0 Å². The second kappa shape index (κ2) is 6.47. The zero-order chi connectivity index (χ0) is 14.7. The summed E-state index contributed by atoms with van der Waals surface area (Å²) in [5, 5.41) is 3.85. The molecule has 1 N–H and O–H groups in total. The number of nitrogens with one attached hydrogen (secondary N) is 1. The van der Waals surface area contributed by atoms with Crippen LogP contribution < -0.4 is 5.32 Å². The van der Waals surface area contributed by atoms with E-state index in [0.29, 0.717) is 11.6 Å². The number of rotatable bonds is 6. The fourth-order valence-electron chi connectivity index (χ4n) is 3.64. The lowest BCUT2D eigenvalue weighted by Crippen LogP contribution is -2.64. The lowest BCUT2D eigenvalue weighted by atomic mass is 9.89. The molecule has 1 aromatic carbocycles. The predicted molar refractivity (Wildman–Crippen MR) is 86.5 cm³/mol. The van der Waals surface area contributed by atoms with Gasteiger partial charge in [-0.1, -0.05) is 30.3 Å². The van der Waals surface area contributed by atoms with E-state index in [1.54, 1.807) is 7.11 Å². The molecule has 21 heavy (non-hydrogen) atoms. The van der Waals surface area contributed by atoms with E-state index in [0.717, 1.165) is 38.6 Å². The van der Waals surface area contributed by atoms with E-state index in [4.69, 9.17) is 4.74 Å². The average Bonchev–Trinajstić information content (AvgIpc) is 3.34. The van der Waals surface area contributed by atoms with E-state index in [-0.39, 0.29) is 0 Å². The maximum Gasteiger partial charge on any atom is 0.0589 e. The van der Waals surface area contributed by atoms with Crippen LogP contribution in [0.4, 0.5) is 0 Å². The van der Waals surface area contributed by atoms with Crippen molar-refractivity contribution < 1.29 is 4.74 Å². The van der Waals surface area contributed by atoms with Crippen molar-refractivity contribution in [3.8, 4) is 0 Å². The Balaban J connectivity index is 1.66. The van der Waals surface area contributed by atoms with E-state index in [2.05, 4.69) is 47.5 Å². The fraction of sp³-hybridized carbons (Fsp3) is 0.667. The Morgan fingerprint density at radius 3 is 2.71 bits per heavy atom. The summed E-state index contributed by atoms with van der Waals surface area (Å²) in [6.07, 6.45) is 3.91. The van der Waals surface area contributed by atoms with Gasteiger partial charge in [-0.3, -0.25) is 4.90 Å². The van der Waals surface area contributed by atoms with Crippen molar-refractivity contribution in [2.75, 3.05) is 33.4 Å². The van der Waals surface area contributed by atoms with Gasteiger partial charge in [0.25, 0.3) is 0 Å². The monoisotopic (exact) mass is 288 g/mol. The largest absolute Gasteiger partial charge is 0.383 e. The SMILES string of the molecule is COCCN1CC(C)(C2CC2)NCC1Cc1ccccc1. The first-order valence-electron chi connectivity index (χ1n) is 8.23. The Morgan fingerprint density at radius 2 is 2.05 bits per heavy atom. The molecule has 3 heteroatoms. The number of ether oxygens (including phenoxy) is 1. The number of nitrogens with zero attached hydrogens (tertiary/aromatic N) is 1. The Morgan fingerprint density at radius 1 is 1.29 bits per heavy atom. The molecule has 3 rings (SSSR count). The van der Waals surface area contributed by atoms with Crippen LogP contribution in [0, 0.1) is 5.92 Å². The zero-order valence-corrected chi connectivity index (χ0v) is 13.3. The van der Waals surface area contributed by atoms with Crippen LogP contribution >= 0.6 is 0 Å². The summed E-state index contributed by atoms with van der Waals surface area (Å²) >= 11 is 0. The molecule has 0 bridgehead atoms. The molecule has 1 aliphatic heterocycles. The maximum atomic E-state index is 5.33. The van der Waals surface area contributed by atoms with Crippen molar-refractivity contribution in [2.24, 2.45) is 5.92 Å². The smallest absolute Gasteiger partial charge is 0.0589 e. The molecule has 0 aromatic heterocycles. The summed E-state index contributed by atoms with van der Waals surface area (Å²) in [6, 6.07) is 11.4. The second-order valence-corrected chi connectivity index (χ2v) is 6.88. The molecule has 2 fully saturated rings. The molecule has 116 valence electrons. The Labute approximate surface area is 128 Å². The topological polar surface area (TPSA) is 24.5 Å². The van der Waals surface area contributed by atoms with E-state index >= 15 is 0 Å². The highest BCUT2D eigenvalue weighted by molar-refractivity contribution is 5.17. The van der Waals surface area contributed by atoms with Gasteiger partial charge in [-0.25, -0.2) is 0 Å². The van der Waals surface area contributed by atoms with Crippen LogP contribution in [0.1, 0.15) is 25.3 Å². The Hall–Kier alpha value is -0.900. The summed E-state index contributed by atoms with van der Waals surface area (Å²) in [4.78, 5) is 2.64. The lowest BCUT2D eigenvalue weighted by molar-refractivity contribution is 0.0504. The summed E-state index contributed by atoms with van der Waals surface area (Å²) < 4.78 is 5.33. The van der Waals surface area contributed by atoms with Crippen LogP contribution in [0.2, 0.25) is 0 Å². The van der Waals surface area contributed by atoms with Gasteiger partial charge < -0.3 is 10.1 Å². The van der Waals surface area contributed by atoms with Gasteiger partial charge in [0.15, 0.2) is 0 Å². The number of benzene rings is 1. The summed E-state index contributed by atoms with van der Waals surface area (Å²) in [7, 11) is 1.80. The molecule has 2 atom stereocenters. The van der Waals surface area contributed by atoms with Crippen LogP contribution in [0.25, 0.3) is 0 Å². The molecule has 0 amide bonds.